The normalized spacial score (nSPS) is 21.9. The van der Waals surface area contributed by atoms with Crippen LogP contribution < -0.4 is 0 Å². The van der Waals surface area contributed by atoms with E-state index in [4.69, 9.17) is 5.26 Å². The van der Waals surface area contributed by atoms with Crippen LogP contribution in [0.4, 0.5) is 26.3 Å². The van der Waals surface area contributed by atoms with Gasteiger partial charge in [0.1, 0.15) is 16.5 Å². The average molecular weight is 559 g/mol. The van der Waals surface area contributed by atoms with Gasteiger partial charge in [0.15, 0.2) is 9.84 Å². The first-order chi connectivity index (χ1) is 16.4. The zero-order valence-corrected chi connectivity index (χ0v) is 19.2. The van der Waals surface area contributed by atoms with Crippen molar-refractivity contribution >= 4 is 19.9 Å². The van der Waals surface area contributed by atoms with Crippen LogP contribution in [0.5, 0.6) is 0 Å². The minimum atomic E-state index is -5.24. The van der Waals surface area contributed by atoms with E-state index in [0.717, 1.165) is 6.07 Å². The lowest BCUT2D eigenvalue weighted by molar-refractivity contribution is -0.141. The molecule has 1 aliphatic heterocycles. The van der Waals surface area contributed by atoms with Crippen LogP contribution in [0, 0.1) is 11.3 Å². The topological polar surface area (TPSA) is 149 Å². The molecule has 2 aromatic rings. The maximum atomic E-state index is 13.5. The summed E-state index contributed by atoms with van der Waals surface area (Å²) in [6.45, 7) is -3.64. The quantitative estimate of drug-likeness (QED) is 0.525. The van der Waals surface area contributed by atoms with Gasteiger partial charge in [-0.15, -0.1) is 0 Å². The van der Waals surface area contributed by atoms with Crippen molar-refractivity contribution < 1.29 is 53.4 Å². The Bertz CT molecular complexity index is 1420. The summed E-state index contributed by atoms with van der Waals surface area (Å²) in [5, 5.41) is 27.1. The van der Waals surface area contributed by atoms with Crippen LogP contribution in [0.25, 0.3) is 0 Å². The monoisotopic (exact) mass is 559 g/mol. The molecule has 0 radical (unpaired) electrons. The van der Waals surface area contributed by atoms with Gasteiger partial charge in [0.05, 0.1) is 33.6 Å². The zero-order valence-electron chi connectivity index (χ0n) is 17.6. The van der Waals surface area contributed by atoms with Crippen LogP contribution in [0.15, 0.2) is 46.3 Å². The largest absolute Gasteiger partial charge is 0.433 e. The second kappa shape index (κ2) is 8.95. The van der Waals surface area contributed by atoms with Crippen molar-refractivity contribution in [2.24, 2.45) is 0 Å². The van der Waals surface area contributed by atoms with Gasteiger partial charge in [-0.2, -0.15) is 35.9 Å². The van der Waals surface area contributed by atoms with Crippen molar-refractivity contribution in [3.8, 4) is 6.07 Å². The van der Waals surface area contributed by atoms with Crippen molar-refractivity contribution in [1.29, 1.82) is 5.26 Å². The smallest absolute Gasteiger partial charge is 0.393 e. The van der Waals surface area contributed by atoms with Crippen LogP contribution in [0.3, 0.4) is 0 Å². The Labute approximate surface area is 200 Å². The summed E-state index contributed by atoms with van der Waals surface area (Å²) in [5.41, 5.74) is -6.38. The minimum Gasteiger partial charge on any atom is -0.393 e. The maximum Gasteiger partial charge on any atom is 0.433 e. The molecule has 1 aromatic carbocycles. The Kier molecular flexibility index (Phi) is 6.92. The van der Waals surface area contributed by atoms with E-state index in [9.17, 15) is 53.4 Å². The van der Waals surface area contributed by atoms with Gasteiger partial charge in [-0.05, 0) is 30.3 Å². The van der Waals surface area contributed by atoms with E-state index in [1.165, 1.54) is 6.07 Å². The predicted octanol–water partition coefficient (Wildman–Crippen LogP) is 1.56. The fraction of sp³-hybridized carbons (Fsp3) is 0.368. The molecule has 0 spiro atoms. The average Bonchev–Trinajstić information content (AvgIpc) is 3.17. The second-order valence-corrected chi connectivity index (χ2v) is 11.8. The molecule has 1 aliphatic rings. The highest BCUT2D eigenvalue weighted by Crippen LogP contribution is 2.39. The number of rotatable bonds is 5. The molecule has 2 heterocycles. The fourth-order valence-electron chi connectivity index (χ4n) is 3.61. The fourth-order valence-corrected chi connectivity index (χ4v) is 7.31. The van der Waals surface area contributed by atoms with Crippen LogP contribution in [-0.2, 0) is 32.2 Å². The number of β-amino-alcohol motifs (C(OH)–C–C–N with tert-alkyl or cyclic N) is 1. The zero-order chi connectivity index (χ0) is 27.3. The summed E-state index contributed by atoms with van der Waals surface area (Å²) in [6.07, 6.45) is -9.81. The molecular formula is C19H15F6N3O6S2. The van der Waals surface area contributed by atoms with Gasteiger partial charge in [-0.3, -0.25) is 4.98 Å². The minimum absolute atomic E-state index is 0.208. The first-order valence-electron chi connectivity index (χ1n) is 9.60. The number of sulfone groups is 1. The predicted molar refractivity (Wildman–Crippen MR) is 107 cm³/mol. The molecule has 0 unspecified atom stereocenters. The van der Waals surface area contributed by atoms with Crippen molar-refractivity contribution in [1.82, 2.24) is 9.29 Å². The first kappa shape index (κ1) is 27.8. The third-order valence-electron chi connectivity index (χ3n) is 5.45. The SMILES string of the molecule is N#Cc1ccc(S(=O)(=O)N2C[C@H](S(=O)(=O)c3ccc(C(F)(F)F)nc3)[C@](O)(CO)C2)c(C(F)(F)F)c1. The highest BCUT2D eigenvalue weighted by molar-refractivity contribution is 7.92. The van der Waals surface area contributed by atoms with Gasteiger partial charge in [-0.1, -0.05) is 0 Å². The lowest BCUT2D eigenvalue weighted by Gasteiger charge is -2.26. The standard InChI is InChI=1S/C19H15F6N3O6S2/c20-18(21,22)13-5-11(6-26)1-3-14(13)36(33,34)28-8-16(17(30,9-28)10-29)35(31,32)12-2-4-15(27-7-12)19(23,24)25/h1-5,7,16,29-30H,8-10H2/t16-,17+/m0/s1. The Morgan fingerprint density at radius 1 is 1.08 bits per heavy atom. The van der Waals surface area contributed by atoms with Crippen molar-refractivity contribution in [3.63, 3.8) is 0 Å². The van der Waals surface area contributed by atoms with E-state index in [2.05, 4.69) is 4.98 Å². The number of halogens is 6. The van der Waals surface area contributed by atoms with Crippen molar-refractivity contribution in [3.05, 3.63) is 53.3 Å². The molecule has 1 saturated heterocycles. The number of pyridine rings is 1. The molecule has 3 rings (SSSR count). The van der Waals surface area contributed by atoms with E-state index in [-0.39, 0.29) is 10.4 Å². The van der Waals surface area contributed by atoms with E-state index in [0.29, 0.717) is 24.4 Å². The molecule has 0 saturated carbocycles. The summed E-state index contributed by atoms with van der Waals surface area (Å²) < 4.78 is 131. The number of aromatic nitrogens is 1. The number of alkyl halides is 6. The third kappa shape index (κ3) is 4.91. The summed E-state index contributed by atoms with van der Waals surface area (Å²) in [6, 6.07) is 3.85. The molecule has 1 aromatic heterocycles. The number of benzene rings is 1. The number of hydrogen-bond acceptors (Lipinski definition) is 8. The molecule has 0 amide bonds. The second-order valence-electron chi connectivity index (χ2n) is 7.79. The molecule has 2 atom stereocenters. The Hall–Kier alpha value is -2.78. The Morgan fingerprint density at radius 2 is 1.72 bits per heavy atom. The Morgan fingerprint density at radius 3 is 2.19 bits per heavy atom. The van der Waals surface area contributed by atoms with Crippen LogP contribution in [-0.4, -0.2) is 66.9 Å². The van der Waals surface area contributed by atoms with Gasteiger partial charge >= 0.3 is 12.4 Å². The number of aliphatic hydroxyl groups excluding tert-OH is 1. The number of nitriles is 1. The molecule has 1 fully saturated rings. The molecule has 17 heteroatoms. The molecule has 2 N–H and O–H groups in total. The van der Waals surface area contributed by atoms with E-state index < -0.39 is 89.4 Å². The van der Waals surface area contributed by atoms with Crippen molar-refractivity contribution in [2.45, 2.75) is 33.0 Å². The molecule has 196 valence electrons. The maximum absolute atomic E-state index is 13.5. The van der Waals surface area contributed by atoms with Crippen LogP contribution >= 0.6 is 0 Å². The van der Waals surface area contributed by atoms with Gasteiger partial charge < -0.3 is 10.2 Å². The van der Waals surface area contributed by atoms with Gasteiger partial charge in [0.25, 0.3) is 0 Å². The summed E-state index contributed by atoms with van der Waals surface area (Å²) >= 11 is 0. The van der Waals surface area contributed by atoms with Gasteiger partial charge in [-0.25, -0.2) is 16.8 Å². The molecular weight excluding hydrogens is 544 g/mol. The Balaban J connectivity index is 2.06. The van der Waals surface area contributed by atoms with E-state index in [1.54, 1.807) is 0 Å². The first-order valence-corrected chi connectivity index (χ1v) is 12.6. The lowest BCUT2D eigenvalue weighted by atomic mass is 10.1. The van der Waals surface area contributed by atoms with E-state index >= 15 is 0 Å². The molecule has 0 aliphatic carbocycles. The van der Waals surface area contributed by atoms with Crippen molar-refractivity contribution in [2.75, 3.05) is 19.7 Å². The van der Waals surface area contributed by atoms with Gasteiger partial charge in [0.2, 0.25) is 10.0 Å². The van der Waals surface area contributed by atoms with Crippen LogP contribution in [0.1, 0.15) is 16.8 Å². The molecule has 36 heavy (non-hydrogen) atoms. The van der Waals surface area contributed by atoms with Gasteiger partial charge in [0, 0.05) is 19.3 Å². The number of nitrogens with zero attached hydrogens (tertiary/aromatic N) is 3. The summed E-state index contributed by atoms with van der Waals surface area (Å²) in [7, 11) is -10.0. The number of hydrogen-bond donors (Lipinski definition) is 2. The highest BCUT2D eigenvalue weighted by atomic mass is 32.2. The summed E-state index contributed by atoms with van der Waals surface area (Å²) in [4.78, 5) is 0.824. The number of sulfonamides is 1. The third-order valence-corrected chi connectivity index (χ3v) is 9.56. The highest BCUT2D eigenvalue weighted by Gasteiger charge is 2.56. The lowest BCUT2D eigenvalue weighted by Crippen LogP contribution is -2.49. The molecule has 9 nitrogen and oxygen atoms in total. The molecule has 0 bridgehead atoms. The van der Waals surface area contributed by atoms with E-state index in [1.807, 2.05) is 0 Å². The summed E-state index contributed by atoms with van der Waals surface area (Å²) in [5.74, 6) is 0. The van der Waals surface area contributed by atoms with Crippen LogP contribution in [0.2, 0.25) is 0 Å². The number of aliphatic hydroxyl groups is 2.